The van der Waals surface area contributed by atoms with E-state index in [-0.39, 0.29) is 11.7 Å². The minimum atomic E-state index is -0.251. The van der Waals surface area contributed by atoms with E-state index in [2.05, 4.69) is 29.2 Å². The standard InChI is InChI=1S/C19H21FN4OS/c1-12(2)8-15-10-17(24(3)23-15)18(25)22-19-21-11-16(26-19)9-13-4-6-14(20)7-5-13/h4-7,10-12H,8-9H2,1-3H3,(H,21,22,25). The molecule has 3 rings (SSSR count). The van der Waals surface area contributed by atoms with Crippen molar-refractivity contribution in [2.75, 3.05) is 5.32 Å². The Labute approximate surface area is 155 Å². The topological polar surface area (TPSA) is 59.8 Å². The van der Waals surface area contributed by atoms with Crippen LogP contribution in [0.4, 0.5) is 9.52 Å². The van der Waals surface area contributed by atoms with Crippen molar-refractivity contribution in [3.05, 3.63) is 64.2 Å². The highest BCUT2D eigenvalue weighted by Crippen LogP contribution is 2.22. The van der Waals surface area contributed by atoms with Gasteiger partial charge >= 0.3 is 0 Å². The summed E-state index contributed by atoms with van der Waals surface area (Å²) in [5, 5.41) is 7.76. The average Bonchev–Trinajstić information content (AvgIpc) is 3.15. The Morgan fingerprint density at radius 3 is 2.73 bits per heavy atom. The number of nitrogens with one attached hydrogen (secondary N) is 1. The van der Waals surface area contributed by atoms with Crippen molar-refractivity contribution in [2.45, 2.75) is 26.7 Å². The van der Waals surface area contributed by atoms with Gasteiger partial charge in [0.15, 0.2) is 5.13 Å². The zero-order chi connectivity index (χ0) is 18.7. The lowest BCUT2D eigenvalue weighted by Gasteiger charge is -2.01. The van der Waals surface area contributed by atoms with Gasteiger partial charge in [0.05, 0.1) is 5.69 Å². The molecular weight excluding hydrogens is 351 g/mol. The van der Waals surface area contributed by atoms with Crippen molar-refractivity contribution in [3.8, 4) is 0 Å². The smallest absolute Gasteiger partial charge is 0.275 e. The van der Waals surface area contributed by atoms with Crippen LogP contribution in [0.5, 0.6) is 0 Å². The van der Waals surface area contributed by atoms with Gasteiger partial charge in [0.2, 0.25) is 0 Å². The average molecular weight is 372 g/mol. The summed E-state index contributed by atoms with van der Waals surface area (Å²) in [4.78, 5) is 17.8. The van der Waals surface area contributed by atoms with Gasteiger partial charge in [-0.3, -0.25) is 14.8 Å². The van der Waals surface area contributed by atoms with Crippen LogP contribution in [0.1, 0.15) is 40.5 Å². The quantitative estimate of drug-likeness (QED) is 0.710. The van der Waals surface area contributed by atoms with Crippen LogP contribution in [0, 0.1) is 11.7 Å². The summed E-state index contributed by atoms with van der Waals surface area (Å²) in [6.07, 6.45) is 3.22. The number of aromatic nitrogens is 3. The summed E-state index contributed by atoms with van der Waals surface area (Å²) in [6.45, 7) is 4.24. The van der Waals surface area contributed by atoms with Crippen LogP contribution in [-0.4, -0.2) is 20.7 Å². The lowest BCUT2D eigenvalue weighted by atomic mass is 10.1. The molecule has 2 heterocycles. The molecule has 1 aromatic carbocycles. The first-order valence-electron chi connectivity index (χ1n) is 8.44. The lowest BCUT2D eigenvalue weighted by molar-refractivity contribution is 0.101. The molecule has 1 amide bonds. The summed E-state index contributed by atoms with van der Waals surface area (Å²) >= 11 is 1.41. The highest BCUT2D eigenvalue weighted by atomic mass is 32.1. The first-order valence-corrected chi connectivity index (χ1v) is 9.26. The van der Waals surface area contributed by atoms with Gasteiger partial charge in [0.1, 0.15) is 11.5 Å². The Balaban J connectivity index is 1.66. The highest BCUT2D eigenvalue weighted by molar-refractivity contribution is 7.15. The molecule has 2 aromatic heterocycles. The van der Waals surface area contributed by atoms with Crippen LogP contribution in [-0.2, 0) is 19.9 Å². The molecule has 1 N–H and O–H groups in total. The molecule has 3 aromatic rings. The van der Waals surface area contributed by atoms with Crippen LogP contribution >= 0.6 is 11.3 Å². The SMILES string of the molecule is CC(C)Cc1cc(C(=O)Nc2ncc(Cc3ccc(F)cc3)s2)n(C)n1. The number of hydrogen-bond donors (Lipinski definition) is 1. The third kappa shape index (κ3) is 4.54. The maximum absolute atomic E-state index is 13.0. The molecule has 0 aliphatic rings. The number of aryl methyl sites for hydroxylation is 1. The highest BCUT2D eigenvalue weighted by Gasteiger charge is 2.15. The third-order valence-corrected chi connectivity index (χ3v) is 4.76. The predicted molar refractivity (Wildman–Crippen MR) is 101 cm³/mol. The van der Waals surface area contributed by atoms with Crippen molar-refractivity contribution in [2.24, 2.45) is 13.0 Å². The molecular formula is C19H21FN4OS. The van der Waals surface area contributed by atoms with Crippen LogP contribution in [0.15, 0.2) is 36.5 Å². The lowest BCUT2D eigenvalue weighted by Crippen LogP contribution is -2.15. The monoisotopic (exact) mass is 372 g/mol. The molecule has 5 nitrogen and oxygen atoms in total. The molecule has 0 fully saturated rings. The van der Waals surface area contributed by atoms with E-state index in [1.165, 1.54) is 23.5 Å². The second-order valence-corrected chi connectivity index (χ2v) is 7.75. The molecule has 0 aliphatic heterocycles. The van der Waals surface area contributed by atoms with Gasteiger partial charge in [-0.2, -0.15) is 5.10 Å². The fourth-order valence-electron chi connectivity index (χ4n) is 2.67. The van der Waals surface area contributed by atoms with E-state index < -0.39 is 0 Å². The predicted octanol–water partition coefficient (Wildman–Crippen LogP) is 4.06. The Kier molecular flexibility index (Phi) is 5.46. The number of anilines is 1. The number of nitrogens with zero attached hydrogens (tertiary/aromatic N) is 3. The number of halogens is 1. The minimum Gasteiger partial charge on any atom is -0.296 e. The maximum atomic E-state index is 13.0. The minimum absolute atomic E-state index is 0.224. The summed E-state index contributed by atoms with van der Waals surface area (Å²) in [6, 6.07) is 8.20. The van der Waals surface area contributed by atoms with Gasteiger partial charge in [-0.15, -0.1) is 11.3 Å². The summed E-state index contributed by atoms with van der Waals surface area (Å²) in [5.74, 6) is 0.00509. The zero-order valence-corrected chi connectivity index (χ0v) is 15.8. The number of thiazole rings is 1. The molecule has 0 aliphatic carbocycles. The molecule has 0 radical (unpaired) electrons. The first-order chi connectivity index (χ1) is 12.4. The van der Waals surface area contributed by atoms with Gasteiger partial charge in [-0.1, -0.05) is 26.0 Å². The van der Waals surface area contributed by atoms with Gasteiger partial charge in [-0.05, 0) is 36.1 Å². The molecule has 7 heteroatoms. The van der Waals surface area contributed by atoms with E-state index >= 15 is 0 Å². The van der Waals surface area contributed by atoms with Gasteiger partial charge in [-0.25, -0.2) is 9.37 Å². The number of carbonyl (C=O) groups is 1. The molecule has 0 saturated heterocycles. The summed E-state index contributed by atoms with van der Waals surface area (Å²) in [5.41, 5.74) is 2.41. The number of hydrogen-bond acceptors (Lipinski definition) is 4. The Hall–Kier alpha value is -2.54. The van der Waals surface area contributed by atoms with E-state index in [1.54, 1.807) is 30.1 Å². The van der Waals surface area contributed by atoms with Gasteiger partial charge in [0.25, 0.3) is 5.91 Å². The van der Waals surface area contributed by atoms with Crippen LogP contribution < -0.4 is 5.32 Å². The summed E-state index contributed by atoms with van der Waals surface area (Å²) < 4.78 is 14.6. The Morgan fingerprint density at radius 2 is 2.04 bits per heavy atom. The van der Waals surface area contributed by atoms with E-state index in [4.69, 9.17) is 0 Å². The fourth-order valence-corrected chi connectivity index (χ4v) is 3.51. The second kappa shape index (κ2) is 7.78. The molecule has 0 atom stereocenters. The van der Waals surface area contributed by atoms with Crippen LogP contribution in [0.2, 0.25) is 0 Å². The van der Waals surface area contributed by atoms with Gasteiger partial charge in [0, 0.05) is 24.5 Å². The fraction of sp³-hybridized carbons (Fsp3) is 0.316. The molecule has 0 spiro atoms. The van der Waals surface area contributed by atoms with Crippen molar-refractivity contribution < 1.29 is 9.18 Å². The second-order valence-electron chi connectivity index (χ2n) is 6.63. The largest absolute Gasteiger partial charge is 0.296 e. The molecule has 0 bridgehead atoms. The molecule has 0 unspecified atom stereocenters. The number of benzene rings is 1. The van der Waals surface area contributed by atoms with E-state index in [1.807, 2.05) is 6.07 Å². The van der Waals surface area contributed by atoms with Crippen molar-refractivity contribution in [1.82, 2.24) is 14.8 Å². The van der Waals surface area contributed by atoms with Crippen molar-refractivity contribution >= 4 is 22.4 Å². The first kappa shape index (κ1) is 18.3. The Morgan fingerprint density at radius 1 is 1.31 bits per heavy atom. The number of rotatable bonds is 6. The van der Waals surface area contributed by atoms with Gasteiger partial charge < -0.3 is 0 Å². The maximum Gasteiger partial charge on any atom is 0.275 e. The zero-order valence-electron chi connectivity index (χ0n) is 15.0. The number of amides is 1. The number of carbonyl (C=O) groups excluding carboxylic acids is 1. The molecule has 0 saturated carbocycles. The van der Waals surface area contributed by atoms with E-state index in [0.29, 0.717) is 23.2 Å². The van der Waals surface area contributed by atoms with Crippen molar-refractivity contribution in [1.29, 1.82) is 0 Å². The van der Waals surface area contributed by atoms with E-state index in [0.717, 1.165) is 22.6 Å². The molecule has 26 heavy (non-hydrogen) atoms. The molecule has 136 valence electrons. The normalized spacial score (nSPS) is 11.1. The van der Waals surface area contributed by atoms with Crippen molar-refractivity contribution in [3.63, 3.8) is 0 Å². The van der Waals surface area contributed by atoms with Crippen LogP contribution in [0.25, 0.3) is 0 Å². The summed E-state index contributed by atoms with van der Waals surface area (Å²) in [7, 11) is 1.76. The van der Waals surface area contributed by atoms with Crippen LogP contribution in [0.3, 0.4) is 0 Å². The Bertz CT molecular complexity index is 899. The van der Waals surface area contributed by atoms with E-state index in [9.17, 15) is 9.18 Å². The third-order valence-electron chi connectivity index (χ3n) is 3.85.